The summed E-state index contributed by atoms with van der Waals surface area (Å²) in [4.78, 5) is 11.1. The Bertz CT molecular complexity index is 413. The van der Waals surface area contributed by atoms with E-state index in [0.717, 1.165) is 11.5 Å². The molecule has 2 rings (SSSR count). The minimum atomic E-state index is -0.816. The molecule has 0 spiro atoms. The molecule has 0 aromatic carbocycles. The predicted molar refractivity (Wildman–Crippen MR) is 62.4 cm³/mol. The van der Waals surface area contributed by atoms with Crippen LogP contribution in [0.5, 0.6) is 0 Å². The van der Waals surface area contributed by atoms with Crippen LogP contribution in [0, 0.1) is 6.92 Å². The van der Waals surface area contributed by atoms with Gasteiger partial charge in [0.1, 0.15) is 22.9 Å². The van der Waals surface area contributed by atoms with Crippen molar-refractivity contribution in [1.29, 1.82) is 0 Å². The van der Waals surface area contributed by atoms with Crippen molar-refractivity contribution in [1.82, 2.24) is 5.32 Å². The molecule has 0 aliphatic carbocycles. The number of nitrogens with one attached hydrogen (secondary N) is 1. The molecular weight excluding hydrogens is 226 g/mol. The van der Waals surface area contributed by atoms with E-state index in [9.17, 15) is 4.79 Å². The van der Waals surface area contributed by atoms with Gasteiger partial charge in [-0.1, -0.05) is 0 Å². The SMILES string of the molecule is Cc1ccc(C2NC(C(=O)O)C(C)(C)S2)o1. The smallest absolute Gasteiger partial charge is 0.322 e. The quantitative estimate of drug-likeness (QED) is 0.830. The van der Waals surface area contributed by atoms with Crippen LogP contribution in [0.3, 0.4) is 0 Å². The maximum absolute atomic E-state index is 11.1. The molecule has 16 heavy (non-hydrogen) atoms. The number of carboxylic acid groups (broad SMARTS) is 1. The van der Waals surface area contributed by atoms with E-state index in [1.54, 1.807) is 11.8 Å². The van der Waals surface area contributed by atoms with Gasteiger partial charge in [-0.2, -0.15) is 0 Å². The Hall–Kier alpha value is -0.940. The first-order valence-electron chi connectivity index (χ1n) is 5.13. The Kier molecular flexibility index (Phi) is 2.75. The molecule has 2 heterocycles. The second-order valence-electron chi connectivity index (χ2n) is 4.49. The molecule has 0 amide bonds. The lowest BCUT2D eigenvalue weighted by Gasteiger charge is -2.20. The Morgan fingerprint density at radius 3 is 2.69 bits per heavy atom. The molecule has 0 radical (unpaired) electrons. The highest BCUT2D eigenvalue weighted by atomic mass is 32.2. The van der Waals surface area contributed by atoms with E-state index in [4.69, 9.17) is 9.52 Å². The maximum atomic E-state index is 11.1. The van der Waals surface area contributed by atoms with E-state index in [0.29, 0.717) is 0 Å². The number of aryl methyl sites for hydroxylation is 1. The van der Waals surface area contributed by atoms with Crippen molar-refractivity contribution in [3.05, 3.63) is 23.7 Å². The molecular formula is C11H15NO3S. The molecule has 2 unspecified atom stereocenters. The zero-order valence-corrected chi connectivity index (χ0v) is 10.3. The first-order chi connectivity index (χ1) is 7.40. The van der Waals surface area contributed by atoms with Crippen molar-refractivity contribution < 1.29 is 14.3 Å². The number of hydrogen-bond donors (Lipinski definition) is 2. The molecule has 1 aromatic heterocycles. The monoisotopic (exact) mass is 241 g/mol. The average Bonchev–Trinajstić information content (AvgIpc) is 2.69. The fourth-order valence-corrected chi connectivity index (χ4v) is 3.22. The van der Waals surface area contributed by atoms with Crippen LogP contribution in [0.2, 0.25) is 0 Å². The summed E-state index contributed by atoms with van der Waals surface area (Å²) in [7, 11) is 0. The van der Waals surface area contributed by atoms with Gasteiger partial charge in [-0.25, -0.2) is 0 Å². The number of rotatable bonds is 2. The van der Waals surface area contributed by atoms with Gasteiger partial charge < -0.3 is 9.52 Å². The molecule has 5 heteroatoms. The Labute approximate surface area is 98.4 Å². The summed E-state index contributed by atoms with van der Waals surface area (Å²) in [6.07, 6.45) is 0. The molecule has 2 N–H and O–H groups in total. The van der Waals surface area contributed by atoms with Crippen LogP contribution >= 0.6 is 11.8 Å². The van der Waals surface area contributed by atoms with Gasteiger partial charge >= 0.3 is 5.97 Å². The lowest BCUT2D eigenvalue weighted by molar-refractivity contribution is -0.139. The highest BCUT2D eigenvalue weighted by Gasteiger charge is 2.46. The Balaban J connectivity index is 2.20. The van der Waals surface area contributed by atoms with Crippen LogP contribution in [-0.2, 0) is 4.79 Å². The van der Waals surface area contributed by atoms with E-state index < -0.39 is 12.0 Å². The van der Waals surface area contributed by atoms with Gasteiger partial charge in [0.15, 0.2) is 0 Å². The molecule has 1 aliphatic rings. The summed E-state index contributed by atoms with van der Waals surface area (Å²) in [5.74, 6) is 0.816. The van der Waals surface area contributed by atoms with Gasteiger partial charge in [-0.3, -0.25) is 10.1 Å². The van der Waals surface area contributed by atoms with Crippen LogP contribution < -0.4 is 5.32 Å². The minimum Gasteiger partial charge on any atom is -0.480 e. The standard InChI is InChI=1S/C11H15NO3S/c1-6-4-5-7(15-6)9-12-8(10(13)14)11(2,3)16-9/h4-5,8-9,12H,1-3H3,(H,13,14). The number of aliphatic carboxylic acids is 1. The van der Waals surface area contributed by atoms with Crippen molar-refractivity contribution in [2.24, 2.45) is 0 Å². The Morgan fingerprint density at radius 1 is 1.56 bits per heavy atom. The zero-order chi connectivity index (χ0) is 11.9. The lowest BCUT2D eigenvalue weighted by atomic mass is 10.0. The number of carboxylic acids is 1. The third kappa shape index (κ3) is 1.97. The van der Waals surface area contributed by atoms with E-state index in [1.165, 1.54) is 0 Å². The predicted octanol–water partition coefficient (Wildman–Crippen LogP) is 2.15. The van der Waals surface area contributed by atoms with Crippen molar-refractivity contribution >= 4 is 17.7 Å². The van der Waals surface area contributed by atoms with Crippen LogP contribution in [0.1, 0.15) is 30.7 Å². The molecule has 1 aliphatic heterocycles. The van der Waals surface area contributed by atoms with E-state index in [-0.39, 0.29) is 10.1 Å². The maximum Gasteiger partial charge on any atom is 0.322 e. The topological polar surface area (TPSA) is 62.5 Å². The highest BCUT2D eigenvalue weighted by molar-refractivity contribution is 8.01. The van der Waals surface area contributed by atoms with Crippen LogP contribution in [-0.4, -0.2) is 21.9 Å². The summed E-state index contributed by atoms with van der Waals surface area (Å²) < 4.78 is 5.18. The first-order valence-corrected chi connectivity index (χ1v) is 6.01. The summed E-state index contributed by atoms with van der Waals surface area (Å²) in [5, 5.41) is 12.1. The third-order valence-corrected chi connectivity index (χ3v) is 4.15. The summed E-state index contributed by atoms with van der Waals surface area (Å²) in [5.41, 5.74) is 0. The van der Waals surface area contributed by atoms with Gasteiger partial charge in [-0.05, 0) is 32.9 Å². The normalized spacial score (nSPS) is 28.2. The number of carbonyl (C=O) groups is 1. The van der Waals surface area contributed by atoms with E-state index >= 15 is 0 Å². The van der Waals surface area contributed by atoms with E-state index in [1.807, 2.05) is 32.9 Å². The van der Waals surface area contributed by atoms with Gasteiger partial charge in [-0.15, -0.1) is 11.8 Å². The second-order valence-corrected chi connectivity index (χ2v) is 6.25. The summed E-state index contributed by atoms with van der Waals surface area (Å²) in [6, 6.07) is 3.23. The molecule has 4 nitrogen and oxygen atoms in total. The fourth-order valence-electron chi connectivity index (χ4n) is 1.86. The van der Waals surface area contributed by atoms with Crippen LogP contribution in [0.4, 0.5) is 0 Å². The molecule has 0 bridgehead atoms. The van der Waals surface area contributed by atoms with Gasteiger partial charge in [0.2, 0.25) is 0 Å². The lowest BCUT2D eigenvalue weighted by Crippen LogP contribution is -2.43. The number of furan rings is 1. The van der Waals surface area contributed by atoms with Crippen LogP contribution in [0.15, 0.2) is 16.5 Å². The molecule has 0 saturated carbocycles. The average molecular weight is 241 g/mol. The summed E-state index contributed by atoms with van der Waals surface area (Å²) >= 11 is 1.58. The molecule has 1 saturated heterocycles. The fraction of sp³-hybridized carbons (Fsp3) is 0.545. The zero-order valence-electron chi connectivity index (χ0n) is 9.48. The first kappa shape index (κ1) is 11.5. The molecule has 1 fully saturated rings. The van der Waals surface area contributed by atoms with Crippen molar-refractivity contribution in [2.75, 3.05) is 0 Å². The van der Waals surface area contributed by atoms with E-state index in [2.05, 4.69) is 5.32 Å². The van der Waals surface area contributed by atoms with Crippen molar-refractivity contribution in [3.8, 4) is 0 Å². The number of thioether (sulfide) groups is 1. The van der Waals surface area contributed by atoms with Gasteiger partial charge in [0, 0.05) is 4.75 Å². The highest BCUT2D eigenvalue weighted by Crippen LogP contribution is 2.45. The van der Waals surface area contributed by atoms with Crippen molar-refractivity contribution in [3.63, 3.8) is 0 Å². The summed E-state index contributed by atoms with van der Waals surface area (Å²) in [6.45, 7) is 5.74. The molecule has 88 valence electrons. The van der Waals surface area contributed by atoms with Gasteiger partial charge in [0.05, 0.1) is 0 Å². The van der Waals surface area contributed by atoms with Crippen LogP contribution in [0.25, 0.3) is 0 Å². The van der Waals surface area contributed by atoms with Gasteiger partial charge in [0.25, 0.3) is 0 Å². The third-order valence-electron chi connectivity index (χ3n) is 2.70. The Morgan fingerprint density at radius 2 is 2.25 bits per heavy atom. The second kappa shape index (κ2) is 3.82. The molecule has 1 aromatic rings. The molecule has 2 atom stereocenters. The number of hydrogen-bond acceptors (Lipinski definition) is 4. The van der Waals surface area contributed by atoms with Crippen molar-refractivity contribution in [2.45, 2.75) is 36.9 Å². The minimum absolute atomic E-state index is 0.0789. The largest absolute Gasteiger partial charge is 0.480 e.